The van der Waals surface area contributed by atoms with Gasteiger partial charge < -0.3 is 5.11 Å². The van der Waals surface area contributed by atoms with E-state index in [1.54, 1.807) is 0 Å². The minimum atomic E-state index is -6.39. The third-order valence-corrected chi connectivity index (χ3v) is 3.25. The van der Waals surface area contributed by atoms with Crippen molar-refractivity contribution < 1.29 is 35.8 Å². The standard InChI is InChI=1S/C14H15F7O/c1-8(2)9-3-5-10(6-4-9)11(22)7-12(15,16)13(17,18)14(19,20)21/h3-6,8,11,22H,7H2,1-2H3. The van der Waals surface area contributed by atoms with Gasteiger partial charge in [0.25, 0.3) is 0 Å². The van der Waals surface area contributed by atoms with Gasteiger partial charge in [0, 0.05) is 6.42 Å². The van der Waals surface area contributed by atoms with Gasteiger partial charge in [0.1, 0.15) is 0 Å². The van der Waals surface area contributed by atoms with Crippen LogP contribution in [0.2, 0.25) is 0 Å². The molecule has 1 aromatic rings. The van der Waals surface area contributed by atoms with Crippen molar-refractivity contribution in [2.24, 2.45) is 0 Å². The average Bonchev–Trinajstić information content (AvgIpc) is 2.36. The quantitative estimate of drug-likeness (QED) is 0.747. The Morgan fingerprint density at radius 1 is 0.864 bits per heavy atom. The molecule has 0 radical (unpaired) electrons. The van der Waals surface area contributed by atoms with Gasteiger partial charge in [-0.05, 0) is 17.0 Å². The van der Waals surface area contributed by atoms with Crippen molar-refractivity contribution in [3.63, 3.8) is 0 Å². The number of halogens is 7. The van der Waals surface area contributed by atoms with Gasteiger partial charge in [0.05, 0.1) is 6.10 Å². The van der Waals surface area contributed by atoms with Crippen molar-refractivity contribution in [1.29, 1.82) is 0 Å². The van der Waals surface area contributed by atoms with Crippen LogP contribution in [0.15, 0.2) is 24.3 Å². The van der Waals surface area contributed by atoms with Gasteiger partial charge in [0.15, 0.2) is 0 Å². The van der Waals surface area contributed by atoms with Gasteiger partial charge >= 0.3 is 18.0 Å². The molecule has 0 amide bonds. The van der Waals surface area contributed by atoms with Gasteiger partial charge in [0.2, 0.25) is 0 Å². The molecule has 1 rings (SSSR count). The molecular weight excluding hydrogens is 317 g/mol. The van der Waals surface area contributed by atoms with Crippen molar-refractivity contribution in [3.8, 4) is 0 Å². The number of alkyl halides is 7. The van der Waals surface area contributed by atoms with Crippen LogP contribution in [0.4, 0.5) is 30.7 Å². The summed E-state index contributed by atoms with van der Waals surface area (Å²) in [6.07, 6.45) is -10.6. The van der Waals surface area contributed by atoms with Crippen LogP contribution < -0.4 is 0 Å². The molecule has 0 spiro atoms. The van der Waals surface area contributed by atoms with E-state index in [2.05, 4.69) is 0 Å². The minimum absolute atomic E-state index is 0.113. The average molecular weight is 332 g/mol. The summed E-state index contributed by atoms with van der Waals surface area (Å²) in [5, 5.41) is 9.53. The molecule has 0 aliphatic rings. The number of hydrogen-bond donors (Lipinski definition) is 1. The molecule has 0 saturated carbocycles. The van der Waals surface area contributed by atoms with Gasteiger partial charge in [-0.15, -0.1) is 0 Å². The van der Waals surface area contributed by atoms with Crippen LogP contribution in [-0.4, -0.2) is 23.1 Å². The minimum Gasteiger partial charge on any atom is -0.388 e. The summed E-state index contributed by atoms with van der Waals surface area (Å²) in [7, 11) is 0. The molecule has 0 bridgehead atoms. The van der Waals surface area contributed by atoms with E-state index < -0.39 is 30.5 Å². The zero-order valence-corrected chi connectivity index (χ0v) is 11.8. The maximum absolute atomic E-state index is 13.2. The molecular formula is C14H15F7O. The summed E-state index contributed by atoms with van der Waals surface area (Å²) < 4.78 is 88.0. The molecule has 0 aromatic heterocycles. The number of aliphatic hydroxyl groups is 1. The molecule has 1 aromatic carbocycles. The summed E-state index contributed by atoms with van der Waals surface area (Å²) >= 11 is 0. The highest BCUT2D eigenvalue weighted by Gasteiger charge is 2.72. The van der Waals surface area contributed by atoms with Crippen molar-refractivity contribution in [2.75, 3.05) is 0 Å². The molecule has 1 atom stereocenters. The SMILES string of the molecule is CC(C)c1ccc(C(O)CC(F)(F)C(F)(F)C(F)(F)F)cc1. The summed E-state index contributed by atoms with van der Waals surface area (Å²) in [6, 6.07) is 5.43. The Bertz CT molecular complexity index is 491. The van der Waals surface area contributed by atoms with Crippen LogP contribution in [0.25, 0.3) is 0 Å². The summed E-state index contributed by atoms with van der Waals surface area (Å²) in [6.45, 7) is 3.70. The fraction of sp³-hybridized carbons (Fsp3) is 0.571. The molecule has 22 heavy (non-hydrogen) atoms. The zero-order valence-electron chi connectivity index (χ0n) is 11.8. The maximum Gasteiger partial charge on any atom is 0.459 e. The van der Waals surface area contributed by atoms with Crippen LogP contribution in [-0.2, 0) is 0 Å². The highest BCUT2D eigenvalue weighted by atomic mass is 19.4. The lowest BCUT2D eigenvalue weighted by Crippen LogP contribution is -2.52. The van der Waals surface area contributed by atoms with E-state index in [1.165, 1.54) is 24.3 Å². The molecule has 0 heterocycles. The predicted octanol–water partition coefficient (Wildman–Crippen LogP) is 5.07. The summed E-state index contributed by atoms with van der Waals surface area (Å²) in [5.74, 6) is -11.5. The lowest BCUT2D eigenvalue weighted by molar-refractivity contribution is -0.358. The highest BCUT2D eigenvalue weighted by Crippen LogP contribution is 2.49. The van der Waals surface area contributed by atoms with E-state index in [4.69, 9.17) is 0 Å². The van der Waals surface area contributed by atoms with E-state index in [1.807, 2.05) is 13.8 Å². The van der Waals surface area contributed by atoms with E-state index in [0.717, 1.165) is 5.56 Å². The monoisotopic (exact) mass is 332 g/mol. The normalized spacial score (nSPS) is 15.2. The Morgan fingerprint density at radius 3 is 1.64 bits per heavy atom. The molecule has 1 unspecified atom stereocenters. The smallest absolute Gasteiger partial charge is 0.388 e. The van der Waals surface area contributed by atoms with Crippen LogP contribution >= 0.6 is 0 Å². The molecule has 0 aliphatic heterocycles. The number of aliphatic hydroxyl groups excluding tert-OH is 1. The van der Waals surface area contributed by atoms with Crippen LogP contribution in [0.5, 0.6) is 0 Å². The van der Waals surface area contributed by atoms with E-state index in [0.29, 0.717) is 0 Å². The van der Waals surface area contributed by atoms with Gasteiger partial charge in [-0.1, -0.05) is 38.1 Å². The summed E-state index contributed by atoms with van der Waals surface area (Å²) in [4.78, 5) is 0. The lowest BCUT2D eigenvalue weighted by atomic mass is 9.96. The van der Waals surface area contributed by atoms with Crippen LogP contribution in [0.3, 0.4) is 0 Å². The van der Waals surface area contributed by atoms with Crippen molar-refractivity contribution in [2.45, 2.75) is 50.3 Å². The predicted molar refractivity (Wildman–Crippen MR) is 66.1 cm³/mol. The fourth-order valence-electron chi connectivity index (χ4n) is 1.80. The molecule has 0 fully saturated rings. The summed E-state index contributed by atoms with van der Waals surface area (Å²) in [5.41, 5.74) is 0.658. The highest BCUT2D eigenvalue weighted by molar-refractivity contribution is 5.26. The molecule has 1 nitrogen and oxygen atoms in total. The molecule has 0 aliphatic carbocycles. The first kappa shape index (κ1) is 18.7. The van der Waals surface area contributed by atoms with Crippen molar-refractivity contribution in [3.05, 3.63) is 35.4 Å². The Hall–Kier alpha value is -1.31. The van der Waals surface area contributed by atoms with E-state index in [9.17, 15) is 35.8 Å². The number of benzene rings is 1. The topological polar surface area (TPSA) is 20.2 Å². The van der Waals surface area contributed by atoms with Gasteiger partial charge in [-0.2, -0.15) is 30.7 Å². The second-order valence-corrected chi connectivity index (χ2v) is 5.32. The lowest BCUT2D eigenvalue weighted by Gasteiger charge is -2.29. The number of hydrogen-bond acceptors (Lipinski definition) is 1. The van der Waals surface area contributed by atoms with Crippen molar-refractivity contribution >= 4 is 0 Å². The third-order valence-electron chi connectivity index (χ3n) is 3.25. The molecule has 126 valence electrons. The second kappa shape index (κ2) is 6.06. The fourth-order valence-corrected chi connectivity index (χ4v) is 1.80. The van der Waals surface area contributed by atoms with Crippen LogP contribution in [0, 0.1) is 0 Å². The molecule has 8 heteroatoms. The first-order valence-corrected chi connectivity index (χ1v) is 6.40. The van der Waals surface area contributed by atoms with E-state index in [-0.39, 0.29) is 11.5 Å². The van der Waals surface area contributed by atoms with Gasteiger partial charge in [-0.3, -0.25) is 0 Å². The number of rotatable bonds is 5. The van der Waals surface area contributed by atoms with Gasteiger partial charge in [-0.25, -0.2) is 0 Å². The Morgan fingerprint density at radius 2 is 1.27 bits per heavy atom. The molecule has 0 saturated heterocycles. The van der Waals surface area contributed by atoms with Crippen molar-refractivity contribution in [1.82, 2.24) is 0 Å². The zero-order chi connectivity index (χ0) is 17.3. The van der Waals surface area contributed by atoms with E-state index >= 15 is 0 Å². The Labute approximate surface area is 122 Å². The Kier molecular flexibility index (Phi) is 5.16. The second-order valence-electron chi connectivity index (χ2n) is 5.32. The third kappa shape index (κ3) is 3.71. The van der Waals surface area contributed by atoms with Crippen LogP contribution in [0.1, 0.15) is 43.4 Å². The molecule has 1 N–H and O–H groups in total. The first-order chi connectivity index (χ1) is 9.79. The largest absolute Gasteiger partial charge is 0.459 e. The maximum atomic E-state index is 13.2. The first-order valence-electron chi connectivity index (χ1n) is 6.40. The Balaban J connectivity index is 2.93.